The maximum Gasteiger partial charge on any atom is 0.262 e. The highest BCUT2D eigenvalue weighted by molar-refractivity contribution is 6.31. The van der Waals surface area contributed by atoms with Crippen molar-refractivity contribution < 1.29 is 33.1 Å². The highest BCUT2D eigenvalue weighted by Gasteiger charge is 2.67. The lowest BCUT2D eigenvalue weighted by Crippen LogP contribution is -2.74. The number of hydrogen-bond acceptors (Lipinski definition) is 10. The minimum Gasteiger partial charge on any atom is -0.489 e. The van der Waals surface area contributed by atoms with Crippen molar-refractivity contribution >= 4 is 46.8 Å². The second-order valence-electron chi connectivity index (χ2n) is 20.1. The number of imide groups is 2. The van der Waals surface area contributed by atoms with Crippen LogP contribution in [0.1, 0.15) is 121 Å². The van der Waals surface area contributed by atoms with Crippen molar-refractivity contribution in [1.82, 2.24) is 25.0 Å². The van der Waals surface area contributed by atoms with Crippen molar-refractivity contribution in [3.8, 4) is 23.7 Å². The fourth-order valence-corrected chi connectivity index (χ4v) is 12.7. The molecular formula is C49H49ClFN7O6. The summed E-state index contributed by atoms with van der Waals surface area (Å²) in [5.74, 6) is 4.56. The van der Waals surface area contributed by atoms with Gasteiger partial charge in [0.15, 0.2) is 0 Å². The Balaban J connectivity index is 0.721. The third kappa shape index (κ3) is 6.75. The molecule has 1 aromatic heterocycles. The van der Waals surface area contributed by atoms with Crippen molar-refractivity contribution in [2.45, 2.75) is 103 Å². The van der Waals surface area contributed by atoms with E-state index in [1.54, 1.807) is 18.2 Å². The number of benzene rings is 2. The fraction of sp³-hybridized carbons (Fsp3) is 0.490. The first-order chi connectivity index (χ1) is 30.5. The van der Waals surface area contributed by atoms with Crippen LogP contribution in [0.2, 0.25) is 5.02 Å². The summed E-state index contributed by atoms with van der Waals surface area (Å²) < 4.78 is 22.0. The summed E-state index contributed by atoms with van der Waals surface area (Å²) in [5, 5.41) is 11.8. The highest BCUT2D eigenvalue weighted by atomic mass is 35.5. The number of fused-ring (bicyclic) bond motifs is 2. The average Bonchev–Trinajstić information content (AvgIpc) is 3.90. The van der Waals surface area contributed by atoms with Gasteiger partial charge in [-0.3, -0.25) is 39.1 Å². The van der Waals surface area contributed by atoms with E-state index in [9.17, 15) is 29.2 Å². The zero-order chi connectivity index (χ0) is 45.0. The highest BCUT2D eigenvalue weighted by Crippen LogP contribution is 2.59. The molecule has 2 aromatic carbocycles. The van der Waals surface area contributed by atoms with E-state index in [4.69, 9.17) is 21.3 Å². The summed E-state index contributed by atoms with van der Waals surface area (Å²) in [6, 6.07) is 12.7. The first-order valence-corrected chi connectivity index (χ1v) is 22.6. The number of hydrogen-bond donors (Lipinski definition) is 1. The van der Waals surface area contributed by atoms with E-state index >= 15 is 4.39 Å². The number of carbonyl (C=O) groups is 5. The standard InChI is InChI=1S/C49H49ClFN7O6/c1-47(2)45(48(3,4)46(47)64-31-13-8-28(22-52)35(50)19-31)57-23-37-32(42(57)61)14-10-29(53-37)9-5-27-6-11-30(12-7-27)55-18-17-49(24-55)25-56(26-49)39-21-34-33(20-36(39)51)43(62)58(44(34)63)38-15-16-40(59)54-41(38)60/h8,10,13-14,19-21,27,30,38,45-46H,6-7,11-12,15-18,23-26H2,1-4H3,(H,54,59,60)/t27?,30?,38?,45-,46-. The molecule has 1 spiro atoms. The molecule has 0 bridgehead atoms. The van der Waals surface area contributed by atoms with Crippen LogP contribution in [0.5, 0.6) is 5.75 Å². The Morgan fingerprint density at radius 3 is 2.28 bits per heavy atom. The van der Waals surface area contributed by atoms with E-state index in [0.29, 0.717) is 53.3 Å². The van der Waals surface area contributed by atoms with Gasteiger partial charge in [0.1, 0.15) is 35.5 Å². The summed E-state index contributed by atoms with van der Waals surface area (Å²) in [7, 11) is 0. The lowest BCUT2D eigenvalue weighted by Gasteiger charge is -2.65. The second-order valence-corrected chi connectivity index (χ2v) is 20.5. The number of anilines is 1. The number of piperidine rings is 1. The van der Waals surface area contributed by atoms with E-state index in [2.05, 4.69) is 55.8 Å². The molecule has 1 atom stereocenters. The van der Waals surface area contributed by atoms with Gasteiger partial charge in [-0.15, -0.1) is 0 Å². The molecule has 10 rings (SSSR count). The number of pyridine rings is 1. The molecule has 2 saturated carbocycles. The average molecular weight is 886 g/mol. The van der Waals surface area contributed by atoms with Crippen LogP contribution in [0.4, 0.5) is 10.1 Å². The Kier molecular flexibility index (Phi) is 9.96. The van der Waals surface area contributed by atoms with Crippen LogP contribution in [0.25, 0.3) is 0 Å². The van der Waals surface area contributed by atoms with Crippen LogP contribution < -0.4 is 15.0 Å². The Labute approximate surface area is 376 Å². The van der Waals surface area contributed by atoms with Gasteiger partial charge in [-0.25, -0.2) is 9.37 Å². The van der Waals surface area contributed by atoms with Crippen LogP contribution in [-0.2, 0) is 16.1 Å². The summed E-state index contributed by atoms with van der Waals surface area (Å²) in [4.78, 5) is 76.7. The van der Waals surface area contributed by atoms with Crippen LogP contribution in [0, 0.1) is 51.2 Å². The number of nitrogens with zero attached hydrogens (tertiary/aromatic N) is 6. The first-order valence-electron chi connectivity index (χ1n) is 22.2. The van der Waals surface area contributed by atoms with E-state index in [0.717, 1.165) is 61.9 Å². The quantitative estimate of drug-likeness (QED) is 0.227. The van der Waals surface area contributed by atoms with Gasteiger partial charge in [-0.05, 0) is 87.4 Å². The van der Waals surface area contributed by atoms with Crippen LogP contribution in [0.3, 0.4) is 0 Å². The summed E-state index contributed by atoms with van der Waals surface area (Å²) in [6.07, 6.45) is 4.90. The molecule has 1 N–H and O–H groups in total. The van der Waals surface area contributed by atoms with Crippen molar-refractivity contribution in [3.63, 3.8) is 0 Å². The zero-order valence-electron chi connectivity index (χ0n) is 36.3. The molecule has 5 aliphatic heterocycles. The van der Waals surface area contributed by atoms with Gasteiger partial charge in [-0.2, -0.15) is 5.26 Å². The molecule has 15 heteroatoms. The molecular weight excluding hydrogens is 837 g/mol. The molecule has 1 unspecified atom stereocenters. The Morgan fingerprint density at radius 2 is 1.59 bits per heavy atom. The van der Waals surface area contributed by atoms with Crippen LogP contribution >= 0.6 is 11.6 Å². The molecule has 2 aliphatic carbocycles. The smallest absolute Gasteiger partial charge is 0.262 e. The Morgan fingerprint density at radius 1 is 0.875 bits per heavy atom. The molecule has 330 valence electrons. The second kappa shape index (κ2) is 15.1. The lowest BCUT2D eigenvalue weighted by atomic mass is 9.49. The minimum atomic E-state index is -1.10. The van der Waals surface area contributed by atoms with Crippen molar-refractivity contribution in [2.24, 2.45) is 22.2 Å². The zero-order valence-corrected chi connectivity index (χ0v) is 37.1. The monoisotopic (exact) mass is 885 g/mol. The first kappa shape index (κ1) is 42.1. The van der Waals surface area contributed by atoms with Gasteiger partial charge in [-0.1, -0.05) is 45.2 Å². The third-order valence-corrected chi connectivity index (χ3v) is 15.5. The summed E-state index contributed by atoms with van der Waals surface area (Å²) in [6.45, 7) is 12.1. The predicted molar refractivity (Wildman–Crippen MR) is 233 cm³/mol. The lowest BCUT2D eigenvalue weighted by molar-refractivity contribution is -0.199. The maximum absolute atomic E-state index is 15.5. The number of nitriles is 1. The molecule has 7 aliphatic rings. The van der Waals surface area contributed by atoms with Gasteiger partial charge >= 0.3 is 0 Å². The van der Waals surface area contributed by atoms with Gasteiger partial charge in [0.05, 0.1) is 45.2 Å². The topological polar surface area (TPSA) is 156 Å². The number of carbonyl (C=O) groups excluding carboxylic acids is 5. The number of nitrogens with one attached hydrogen (secondary N) is 1. The number of rotatable bonds is 6. The normalized spacial score (nSPS) is 27.6. The van der Waals surface area contributed by atoms with Crippen LogP contribution in [-0.4, -0.2) is 99.6 Å². The SMILES string of the molecule is CC1(C)[C@H](Oc2ccc(C#N)c(Cl)c2)C(C)(C)[C@H]1N1Cc2nc(C#CC3CCC(N4CCC5(CN(c6cc7c(cc6F)C(=O)N(C6CCC(=O)NC6=O)C7=O)C5)C4)CC3)ccc2C1=O. The number of halogens is 2. The Bertz CT molecular complexity index is 2650. The van der Waals surface area contributed by atoms with Crippen LogP contribution in [0.15, 0.2) is 42.5 Å². The summed E-state index contributed by atoms with van der Waals surface area (Å²) in [5.41, 5.74) is 1.99. The molecule has 3 saturated heterocycles. The molecule has 64 heavy (non-hydrogen) atoms. The molecule has 6 heterocycles. The molecule has 5 amide bonds. The predicted octanol–water partition coefficient (Wildman–Crippen LogP) is 6.11. The molecule has 0 radical (unpaired) electrons. The van der Waals surface area contributed by atoms with Gasteiger partial charge in [0, 0.05) is 66.4 Å². The fourth-order valence-electron chi connectivity index (χ4n) is 12.4. The van der Waals surface area contributed by atoms with Gasteiger partial charge in [0.25, 0.3) is 17.7 Å². The van der Waals surface area contributed by atoms with Crippen molar-refractivity contribution in [1.29, 1.82) is 5.26 Å². The van der Waals surface area contributed by atoms with E-state index in [-0.39, 0.29) is 69.9 Å². The molecule has 13 nitrogen and oxygen atoms in total. The van der Waals surface area contributed by atoms with E-state index in [1.807, 2.05) is 21.9 Å². The van der Waals surface area contributed by atoms with E-state index in [1.165, 1.54) is 6.07 Å². The number of likely N-dealkylation sites (tertiary alicyclic amines) is 1. The number of aromatic nitrogens is 1. The minimum absolute atomic E-state index is 0.0173. The van der Waals surface area contributed by atoms with Crippen molar-refractivity contribution in [2.75, 3.05) is 31.1 Å². The van der Waals surface area contributed by atoms with Gasteiger partial charge < -0.3 is 14.5 Å². The molecule has 3 aromatic rings. The number of ether oxygens (including phenoxy) is 1. The van der Waals surface area contributed by atoms with E-state index < -0.39 is 35.5 Å². The largest absolute Gasteiger partial charge is 0.489 e. The van der Waals surface area contributed by atoms with Crippen molar-refractivity contribution in [3.05, 3.63) is 86.9 Å². The number of amides is 5. The molecule has 5 fully saturated rings. The maximum atomic E-state index is 15.5. The third-order valence-electron chi connectivity index (χ3n) is 15.2. The Hall–Kier alpha value is -5.83. The summed E-state index contributed by atoms with van der Waals surface area (Å²) >= 11 is 6.29. The van der Waals surface area contributed by atoms with Gasteiger partial charge in [0.2, 0.25) is 11.8 Å².